The topological polar surface area (TPSA) is 38.5 Å². The van der Waals surface area contributed by atoms with Crippen molar-refractivity contribution in [2.45, 2.75) is 44.1 Å². The highest BCUT2D eigenvalue weighted by Gasteiger charge is 2.44. The SMILES string of the molecule is COc1ccccc1N(C)C1(CN)CCCC(C2CC2)C1. The number of methoxy groups -OCH3 is 1. The van der Waals surface area contributed by atoms with Crippen LogP contribution in [0.1, 0.15) is 38.5 Å². The van der Waals surface area contributed by atoms with Crippen LogP contribution >= 0.6 is 0 Å². The number of ether oxygens (including phenoxy) is 1. The van der Waals surface area contributed by atoms with E-state index in [4.69, 9.17) is 10.5 Å². The maximum Gasteiger partial charge on any atom is 0.142 e. The fourth-order valence-electron chi connectivity index (χ4n) is 4.14. The quantitative estimate of drug-likeness (QED) is 0.902. The Balaban J connectivity index is 1.86. The number of rotatable bonds is 5. The molecule has 0 aliphatic heterocycles. The summed E-state index contributed by atoms with van der Waals surface area (Å²) in [4.78, 5) is 2.40. The molecule has 2 aliphatic rings. The molecule has 116 valence electrons. The molecule has 0 spiro atoms. The van der Waals surface area contributed by atoms with Gasteiger partial charge in [-0.1, -0.05) is 25.0 Å². The first-order valence-electron chi connectivity index (χ1n) is 8.27. The lowest BCUT2D eigenvalue weighted by Crippen LogP contribution is -2.55. The molecule has 0 heterocycles. The van der Waals surface area contributed by atoms with Crippen molar-refractivity contribution in [1.29, 1.82) is 0 Å². The van der Waals surface area contributed by atoms with Gasteiger partial charge in [-0.15, -0.1) is 0 Å². The Labute approximate surface area is 128 Å². The van der Waals surface area contributed by atoms with Crippen molar-refractivity contribution in [3.05, 3.63) is 24.3 Å². The molecule has 2 N–H and O–H groups in total. The van der Waals surface area contributed by atoms with Crippen molar-refractivity contribution in [2.75, 3.05) is 25.6 Å². The highest BCUT2D eigenvalue weighted by molar-refractivity contribution is 5.59. The molecule has 2 saturated carbocycles. The van der Waals surface area contributed by atoms with Crippen LogP contribution in [-0.4, -0.2) is 26.2 Å². The summed E-state index contributed by atoms with van der Waals surface area (Å²) in [6.07, 6.45) is 8.00. The fraction of sp³-hybridized carbons (Fsp3) is 0.667. The smallest absolute Gasteiger partial charge is 0.142 e. The van der Waals surface area contributed by atoms with Crippen LogP contribution in [0.3, 0.4) is 0 Å². The van der Waals surface area contributed by atoms with Gasteiger partial charge >= 0.3 is 0 Å². The highest BCUT2D eigenvalue weighted by Crippen LogP contribution is 2.49. The minimum absolute atomic E-state index is 0.0974. The van der Waals surface area contributed by atoms with Crippen molar-refractivity contribution in [2.24, 2.45) is 17.6 Å². The first-order valence-corrected chi connectivity index (χ1v) is 8.27. The van der Waals surface area contributed by atoms with E-state index in [2.05, 4.69) is 24.1 Å². The highest BCUT2D eigenvalue weighted by atomic mass is 16.5. The number of benzene rings is 1. The van der Waals surface area contributed by atoms with Crippen LogP contribution in [0.4, 0.5) is 5.69 Å². The summed E-state index contributed by atoms with van der Waals surface area (Å²) >= 11 is 0. The lowest BCUT2D eigenvalue weighted by Gasteiger charge is -2.48. The van der Waals surface area contributed by atoms with E-state index >= 15 is 0 Å². The van der Waals surface area contributed by atoms with Crippen LogP contribution in [0.5, 0.6) is 5.75 Å². The first kappa shape index (κ1) is 14.7. The van der Waals surface area contributed by atoms with Gasteiger partial charge in [0.2, 0.25) is 0 Å². The van der Waals surface area contributed by atoms with Crippen molar-refractivity contribution in [3.63, 3.8) is 0 Å². The normalized spacial score (nSPS) is 29.2. The van der Waals surface area contributed by atoms with Crippen LogP contribution in [0.15, 0.2) is 24.3 Å². The summed E-state index contributed by atoms with van der Waals surface area (Å²) in [5, 5.41) is 0. The van der Waals surface area contributed by atoms with Gasteiger partial charge in [0.15, 0.2) is 0 Å². The molecule has 2 aliphatic carbocycles. The van der Waals surface area contributed by atoms with E-state index in [9.17, 15) is 0 Å². The number of para-hydroxylation sites is 2. The summed E-state index contributed by atoms with van der Waals surface area (Å²) in [6, 6.07) is 8.30. The Morgan fingerprint density at radius 2 is 2.00 bits per heavy atom. The van der Waals surface area contributed by atoms with Crippen LogP contribution < -0.4 is 15.4 Å². The number of hydrogen-bond donors (Lipinski definition) is 1. The van der Waals surface area contributed by atoms with Gasteiger partial charge < -0.3 is 15.4 Å². The lowest BCUT2D eigenvalue weighted by atomic mass is 9.72. The van der Waals surface area contributed by atoms with E-state index in [1.807, 2.05) is 12.1 Å². The van der Waals surface area contributed by atoms with Gasteiger partial charge in [0.05, 0.1) is 18.3 Å². The summed E-state index contributed by atoms with van der Waals surface area (Å²) in [7, 11) is 3.94. The van der Waals surface area contributed by atoms with Crippen LogP contribution in [0.25, 0.3) is 0 Å². The first-order chi connectivity index (χ1) is 10.2. The van der Waals surface area contributed by atoms with Crippen molar-refractivity contribution >= 4 is 5.69 Å². The summed E-state index contributed by atoms with van der Waals surface area (Å²) < 4.78 is 5.55. The molecular formula is C18H28N2O. The van der Waals surface area contributed by atoms with Crippen molar-refractivity contribution in [3.8, 4) is 5.75 Å². The molecule has 3 heteroatoms. The molecule has 2 unspecified atom stereocenters. The second-order valence-electron chi connectivity index (χ2n) is 6.85. The number of nitrogens with two attached hydrogens (primary N) is 1. The zero-order chi connectivity index (χ0) is 14.9. The molecule has 3 rings (SSSR count). The second-order valence-corrected chi connectivity index (χ2v) is 6.85. The minimum Gasteiger partial charge on any atom is -0.495 e. The van der Waals surface area contributed by atoms with Gasteiger partial charge in [0.25, 0.3) is 0 Å². The Bertz CT molecular complexity index is 486. The van der Waals surface area contributed by atoms with Gasteiger partial charge in [0, 0.05) is 13.6 Å². The van der Waals surface area contributed by atoms with E-state index < -0.39 is 0 Å². The maximum atomic E-state index is 6.27. The number of hydrogen-bond acceptors (Lipinski definition) is 3. The number of likely N-dealkylation sites (N-methyl/N-ethyl adjacent to an activating group) is 1. The number of nitrogens with zero attached hydrogens (tertiary/aromatic N) is 1. The zero-order valence-corrected chi connectivity index (χ0v) is 13.3. The summed E-state index contributed by atoms with van der Waals surface area (Å²) in [5.74, 6) is 2.79. The third-order valence-electron chi connectivity index (χ3n) is 5.69. The van der Waals surface area contributed by atoms with Crippen molar-refractivity contribution < 1.29 is 4.74 Å². The van der Waals surface area contributed by atoms with E-state index in [0.717, 1.165) is 24.1 Å². The van der Waals surface area contributed by atoms with E-state index in [1.54, 1.807) is 7.11 Å². The molecule has 2 fully saturated rings. The molecule has 0 bridgehead atoms. The molecule has 2 atom stereocenters. The average Bonchev–Trinajstić information content (AvgIpc) is 3.39. The third-order valence-corrected chi connectivity index (χ3v) is 5.69. The summed E-state index contributed by atoms with van der Waals surface area (Å²) in [5.41, 5.74) is 7.53. The monoisotopic (exact) mass is 288 g/mol. The van der Waals surface area contributed by atoms with E-state index in [-0.39, 0.29) is 5.54 Å². The molecule has 0 radical (unpaired) electrons. The van der Waals surface area contributed by atoms with Gasteiger partial charge in [-0.2, -0.15) is 0 Å². The predicted octanol–water partition coefficient (Wildman–Crippen LogP) is 3.43. The van der Waals surface area contributed by atoms with Gasteiger partial charge in [-0.05, 0) is 49.7 Å². The molecule has 1 aromatic rings. The van der Waals surface area contributed by atoms with Gasteiger partial charge in [-0.3, -0.25) is 0 Å². The molecule has 3 nitrogen and oxygen atoms in total. The second kappa shape index (κ2) is 5.88. The number of anilines is 1. The summed E-state index contributed by atoms with van der Waals surface area (Å²) in [6.45, 7) is 0.727. The average molecular weight is 288 g/mol. The predicted molar refractivity (Wildman–Crippen MR) is 87.9 cm³/mol. The van der Waals surface area contributed by atoms with Gasteiger partial charge in [-0.25, -0.2) is 0 Å². The van der Waals surface area contributed by atoms with E-state index in [0.29, 0.717) is 0 Å². The zero-order valence-electron chi connectivity index (χ0n) is 13.3. The minimum atomic E-state index is 0.0974. The molecule has 21 heavy (non-hydrogen) atoms. The third kappa shape index (κ3) is 2.76. The molecule has 1 aromatic carbocycles. The van der Waals surface area contributed by atoms with Gasteiger partial charge in [0.1, 0.15) is 5.75 Å². The van der Waals surface area contributed by atoms with Crippen LogP contribution in [0, 0.1) is 11.8 Å². The molecular weight excluding hydrogens is 260 g/mol. The molecule has 0 amide bonds. The largest absolute Gasteiger partial charge is 0.495 e. The van der Waals surface area contributed by atoms with E-state index in [1.165, 1.54) is 44.2 Å². The Morgan fingerprint density at radius 3 is 2.67 bits per heavy atom. The maximum absolute atomic E-state index is 6.27. The molecule has 0 aromatic heterocycles. The standard InChI is InChI=1S/C18H28N2O/c1-20(16-7-3-4-8-17(16)21-2)18(13-19)11-5-6-15(12-18)14-9-10-14/h3-4,7-8,14-15H,5-6,9-13,19H2,1-2H3. The molecule has 0 saturated heterocycles. The Morgan fingerprint density at radius 1 is 1.24 bits per heavy atom. The van der Waals surface area contributed by atoms with Crippen molar-refractivity contribution in [1.82, 2.24) is 0 Å². The Hall–Kier alpha value is -1.22. The lowest BCUT2D eigenvalue weighted by molar-refractivity contribution is 0.203. The van der Waals surface area contributed by atoms with Crippen LogP contribution in [0.2, 0.25) is 0 Å². The Kier molecular flexibility index (Phi) is 4.12. The van der Waals surface area contributed by atoms with Crippen LogP contribution in [-0.2, 0) is 0 Å². The fourth-order valence-corrected chi connectivity index (χ4v) is 4.14.